The van der Waals surface area contributed by atoms with Crippen LogP contribution in [-0.2, 0) is 13.6 Å². The lowest BCUT2D eigenvalue weighted by Crippen LogP contribution is -1.98. The zero-order chi connectivity index (χ0) is 9.10. The van der Waals surface area contributed by atoms with Crippen molar-refractivity contribution in [3.8, 4) is 0 Å². The Morgan fingerprint density at radius 3 is 3.15 bits per heavy atom. The van der Waals surface area contributed by atoms with Gasteiger partial charge in [-0.2, -0.15) is 10.2 Å². The first kappa shape index (κ1) is 7.85. The fourth-order valence-electron chi connectivity index (χ4n) is 1.09. The highest BCUT2D eigenvalue weighted by atomic mass is 15.3. The SMILES string of the molecule is Cn1cc(NCc2ccn[nH]2)cn1. The van der Waals surface area contributed by atoms with Crippen molar-refractivity contribution in [3.05, 3.63) is 30.4 Å². The number of aromatic amines is 1. The first-order chi connectivity index (χ1) is 6.34. The lowest BCUT2D eigenvalue weighted by atomic mass is 10.4. The molecule has 0 amide bonds. The molecular formula is C8H11N5. The lowest BCUT2D eigenvalue weighted by molar-refractivity contribution is 0.768. The molecule has 2 N–H and O–H groups in total. The van der Waals surface area contributed by atoms with Gasteiger partial charge in [0.2, 0.25) is 0 Å². The average molecular weight is 177 g/mol. The second kappa shape index (κ2) is 3.30. The molecule has 0 fully saturated rings. The van der Waals surface area contributed by atoms with Crippen LogP contribution in [0.1, 0.15) is 5.69 Å². The highest BCUT2D eigenvalue weighted by Gasteiger charge is 1.95. The second-order valence-electron chi connectivity index (χ2n) is 2.84. The van der Waals surface area contributed by atoms with Crippen LogP contribution < -0.4 is 5.32 Å². The summed E-state index contributed by atoms with van der Waals surface area (Å²) in [5.74, 6) is 0. The molecular weight excluding hydrogens is 166 g/mol. The van der Waals surface area contributed by atoms with Crippen molar-refractivity contribution in [1.29, 1.82) is 0 Å². The molecule has 0 radical (unpaired) electrons. The van der Waals surface area contributed by atoms with Gasteiger partial charge in [-0.15, -0.1) is 0 Å². The Kier molecular flexibility index (Phi) is 1.99. The number of anilines is 1. The number of aromatic nitrogens is 4. The average Bonchev–Trinajstić information content (AvgIpc) is 2.71. The van der Waals surface area contributed by atoms with Crippen molar-refractivity contribution in [3.63, 3.8) is 0 Å². The highest BCUT2D eigenvalue weighted by molar-refractivity contribution is 5.38. The van der Waals surface area contributed by atoms with Gasteiger partial charge in [0.1, 0.15) is 0 Å². The van der Waals surface area contributed by atoms with Crippen LogP contribution in [0.25, 0.3) is 0 Å². The lowest BCUT2D eigenvalue weighted by Gasteiger charge is -1.98. The van der Waals surface area contributed by atoms with Gasteiger partial charge in [0.25, 0.3) is 0 Å². The van der Waals surface area contributed by atoms with Crippen LogP contribution in [0.3, 0.4) is 0 Å². The molecule has 0 bridgehead atoms. The Hall–Kier alpha value is -1.78. The summed E-state index contributed by atoms with van der Waals surface area (Å²) < 4.78 is 1.76. The van der Waals surface area contributed by atoms with Crippen LogP contribution in [-0.4, -0.2) is 20.0 Å². The number of H-pyrrole nitrogens is 1. The van der Waals surface area contributed by atoms with E-state index in [0.29, 0.717) is 0 Å². The molecule has 0 aliphatic heterocycles. The molecule has 13 heavy (non-hydrogen) atoms. The molecule has 0 aromatic carbocycles. The Labute approximate surface area is 75.8 Å². The quantitative estimate of drug-likeness (QED) is 0.727. The van der Waals surface area contributed by atoms with Gasteiger partial charge in [0, 0.05) is 19.4 Å². The van der Waals surface area contributed by atoms with Crippen molar-refractivity contribution in [2.45, 2.75) is 6.54 Å². The van der Waals surface area contributed by atoms with E-state index >= 15 is 0 Å². The van der Waals surface area contributed by atoms with Gasteiger partial charge in [-0.25, -0.2) is 0 Å². The molecule has 0 aliphatic carbocycles. The predicted molar refractivity (Wildman–Crippen MR) is 49.1 cm³/mol. The zero-order valence-electron chi connectivity index (χ0n) is 7.36. The van der Waals surface area contributed by atoms with Gasteiger partial charge >= 0.3 is 0 Å². The molecule has 0 unspecified atom stereocenters. The Balaban J connectivity index is 1.93. The van der Waals surface area contributed by atoms with Crippen LogP contribution in [0, 0.1) is 0 Å². The van der Waals surface area contributed by atoms with E-state index < -0.39 is 0 Å². The number of hydrogen-bond donors (Lipinski definition) is 2. The Morgan fingerprint density at radius 1 is 1.62 bits per heavy atom. The van der Waals surface area contributed by atoms with E-state index in [1.807, 2.05) is 19.3 Å². The number of nitrogens with one attached hydrogen (secondary N) is 2. The number of hydrogen-bond acceptors (Lipinski definition) is 3. The zero-order valence-corrected chi connectivity index (χ0v) is 7.36. The van der Waals surface area contributed by atoms with Crippen LogP contribution >= 0.6 is 0 Å². The first-order valence-corrected chi connectivity index (χ1v) is 4.05. The van der Waals surface area contributed by atoms with Crippen LogP contribution in [0.2, 0.25) is 0 Å². The standard InChI is InChI=1S/C8H11N5/c1-13-6-8(5-11-13)9-4-7-2-3-10-12-7/h2-3,5-6,9H,4H2,1H3,(H,10,12). The number of aryl methyl sites for hydroxylation is 1. The molecule has 2 aromatic heterocycles. The molecule has 2 rings (SSSR count). The minimum atomic E-state index is 0.742. The van der Waals surface area contributed by atoms with E-state index in [-0.39, 0.29) is 0 Å². The molecule has 5 nitrogen and oxygen atoms in total. The van der Waals surface area contributed by atoms with Crippen molar-refractivity contribution in [2.24, 2.45) is 7.05 Å². The molecule has 0 atom stereocenters. The number of rotatable bonds is 3. The molecule has 2 aromatic rings. The van der Waals surface area contributed by atoms with Gasteiger partial charge in [0.15, 0.2) is 0 Å². The fraction of sp³-hybridized carbons (Fsp3) is 0.250. The van der Waals surface area contributed by atoms with Crippen molar-refractivity contribution in [2.75, 3.05) is 5.32 Å². The summed E-state index contributed by atoms with van der Waals surface area (Å²) in [4.78, 5) is 0. The van der Waals surface area contributed by atoms with Crippen molar-refractivity contribution >= 4 is 5.69 Å². The van der Waals surface area contributed by atoms with Gasteiger partial charge in [-0.1, -0.05) is 0 Å². The molecule has 68 valence electrons. The smallest absolute Gasteiger partial charge is 0.0729 e. The topological polar surface area (TPSA) is 58.5 Å². The Bertz CT molecular complexity index is 362. The molecule has 0 saturated carbocycles. The minimum absolute atomic E-state index is 0.742. The van der Waals surface area contributed by atoms with Crippen molar-refractivity contribution < 1.29 is 0 Å². The summed E-state index contributed by atoms with van der Waals surface area (Å²) in [7, 11) is 1.89. The molecule has 2 heterocycles. The maximum atomic E-state index is 4.04. The summed E-state index contributed by atoms with van der Waals surface area (Å²) in [5, 5.41) is 14.0. The van der Waals surface area contributed by atoms with Gasteiger partial charge in [-0.05, 0) is 6.07 Å². The van der Waals surface area contributed by atoms with Gasteiger partial charge < -0.3 is 5.32 Å². The molecule has 0 saturated heterocycles. The van der Waals surface area contributed by atoms with E-state index in [2.05, 4.69) is 20.6 Å². The van der Waals surface area contributed by atoms with E-state index in [1.165, 1.54) is 0 Å². The normalized spacial score (nSPS) is 10.2. The maximum absolute atomic E-state index is 4.04. The van der Waals surface area contributed by atoms with Crippen LogP contribution in [0.4, 0.5) is 5.69 Å². The van der Waals surface area contributed by atoms with Crippen molar-refractivity contribution in [1.82, 2.24) is 20.0 Å². The largest absolute Gasteiger partial charge is 0.377 e. The van der Waals surface area contributed by atoms with Crippen LogP contribution in [0.5, 0.6) is 0 Å². The Morgan fingerprint density at radius 2 is 2.54 bits per heavy atom. The second-order valence-corrected chi connectivity index (χ2v) is 2.84. The molecule has 5 heteroatoms. The molecule has 0 aliphatic rings. The fourth-order valence-corrected chi connectivity index (χ4v) is 1.09. The minimum Gasteiger partial charge on any atom is -0.377 e. The molecule has 0 spiro atoms. The van der Waals surface area contributed by atoms with E-state index in [1.54, 1.807) is 17.1 Å². The summed E-state index contributed by atoms with van der Waals surface area (Å²) in [6, 6.07) is 1.93. The predicted octanol–water partition coefficient (Wildman–Crippen LogP) is 0.755. The summed E-state index contributed by atoms with van der Waals surface area (Å²) >= 11 is 0. The number of nitrogens with zero attached hydrogens (tertiary/aromatic N) is 3. The third-order valence-corrected chi connectivity index (χ3v) is 1.75. The summed E-state index contributed by atoms with van der Waals surface area (Å²) in [5.41, 5.74) is 2.07. The first-order valence-electron chi connectivity index (χ1n) is 4.05. The van der Waals surface area contributed by atoms with Crippen LogP contribution in [0.15, 0.2) is 24.7 Å². The highest BCUT2D eigenvalue weighted by Crippen LogP contribution is 2.04. The van der Waals surface area contributed by atoms with Gasteiger partial charge in [-0.3, -0.25) is 9.78 Å². The maximum Gasteiger partial charge on any atom is 0.0729 e. The van der Waals surface area contributed by atoms with E-state index in [9.17, 15) is 0 Å². The van der Waals surface area contributed by atoms with E-state index in [4.69, 9.17) is 0 Å². The summed E-state index contributed by atoms with van der Waals surface area (Å²) in [6.07, 6.45) is 5.45. The summed E-state index contributed by atoms with van der Waals surface area (Å²) in [6.45, 7) is 0.742. The third kappa shape index (κ3) is 1.87. The van der Waals surface area contributed by atoms with E-state index in [0.717, 1.165) is 17.9 Å². The third-order valence-electron chi connectivity index (χ3n) is 1.75. The monoisotopic (exact) mass is 177 g/mol. The van der Waals surface area contributed by atoms with Gasteiger partial charge in [0.05, 0.1) is 24.1 Å².